The molecule has 26 heavy (non-hydrogen) atoms. The summed E-state index contributed by atoms with van der Waals surface area (Å²) in [5, 5.41) is 14.3. The topological polar surface area (TPSA) is 94.1 Å². The average Bonchev–Trinajstić information content (AvgIpc) is 3.22. The number of amides is 1. The standard InChI is InChI=1S/C17H17FN4O3S/c1-17(2,3)12-8-14(25-22-12)19-13(23)9-26-16-21-20-15(24-16)10-6-4-5-7-11(10)18/h4-8H,9H2,1-3H3,(H,19,23). The molecule has 0 fully saturated rings. The van der Waals surface area contributed by atoms with E-state index >= 15 is 0 Å². The molecule has 0 saturated carbocycles. The van der Waals surface area contributed by atoms with E-state index in [0.717, 1.165) is 17.5 Å². The van der Waals surface area contributed by atoms with Crippen molar-refractivity contribution in [2.24, 2.45) is 0 Å². The molecule has 0 radical (unpaired) electrons. The summed E-state index contributed by atoms with van der Waals surface area (Å²) in [6.45, 7) is 5.99. The van der Waals surface area contributed by atoms with Crippen LogP contribution in [0.3, 0.4) is 0 Å². The molecule has 1 N–H and O–H groups in total. The number of anilines is 1. The average molecular weight is 376 g/mol. The Morgan fingerprint density at radius 1 is 1.27 bits per heavy atom. The third kappa shape index (κ3) is 4.29. The zero-order valence-electron chi connectivity index (χ0n) is 14.4. The molecular weight excluding hydrogens is 359 g/mol. The number of benzene rings is 1. The van der Waals surface area contributed by atoms with Crippen molar-refractivity contribution in [1.29, 1.82) is 0 Å². The highest BCUT2D eigenvalue weighted by atomic mass is 32.2. The zero-order valence-corrected chi connectivity index (χ0v) is 15.3. The van der Waals surface area contributed by atoms with E-state index in [-0.39, 0.29) is 39.6 Å². The van der Waals surface area contributed by atoms with Gasteiger partial charge in [-0.25, -0.2) is 4.39 Å². The van der Waals surface area contributed by atoms with Gasteiger partial charge in [0, 0.05) is 11.5 Å². The molecule has 0 aliphatic rings. The maximum absolute atomic E-state index is 13.7. The molecule has 0 atom stereocenters. The molecule has 7 nitrogen and oxygen atoms in total. The van der Waals surface area contributed by atoms with Crippen LogP contribution in [0, 0.1) is 5.82 Å². The van der Waals surface area contributed by atoms with Gasteiger partial charge in [-0.1, -0.05) is 49.8 Å². The number of aromatic nitrogens is 3. The third-order valence-corrected chi connectivity index (χ3v) is 4.20. The Bertz CT molecular complexity index is 917. The number of thioether (sulfide) groups is 1. The highest BCUT2D eigenvalue weighted by molar-refractivity contribution is 7.99. The molecule has 3 rings (SSSR count). The van der Waals surface area contributed by atoms with Crippen molar-refractivity contribution < 1.29 is 18.1 Å². The van der Waals surface area contributed by atoms with Crippen LogP contribution in [0.5, 0.6) is 0 Å². The summed E-state index contributed by atoms with van der Waals surface area (Å²) in [6, 6.07) is 7.78. The lowest BCUT2D eigenvalue weighted by molar-refractivity contribution is -0.113. The van der Waals surface area contributed by atoms with E-state index in [2.05, 4.69) is 20.7 Å². The maximum Gasteiger partial charge on any atom is 0.277 e. The van der Waals surface area contributed by atoms with Crippen LogP contribution in [0.25, 0.3) is 11.5 Å². The summed E-state index contributed by atoms with van der Waals surface area (Å²) in [5.74, 6) is -0.387. The van der Waals surface area contributed by atoms with Crippen molar-refractivity contribution in [3.8, 4) is 11.5 Å². The Morgan fingerprint density at radius 3 is 2.73 bits per heavy atom. The number of nitrogens with zero attached hydrogens (tertiary/aromatic N) is 3. The van der Waals surface area contributed by atoms with E-state index in [1.807, 2.05) is 20.8 Å². The predicted molar refractivity (Wildman–Crippen MR) is 94.2 cm³/mol. The van der Waals surface area contributed by atoms with Gasteiger partial charge in [-0.15, -0.1) is 10.2 Å². The van der Waals surface area contributed by atoms with Crippen molar-refractivity contribution in [2.75, 3.05) is 11.1 Å². The van der Waals surface area contributed by atoms with Crippen LogP contribution in [0.2, 0.25) is 0 Å². The molecule has 0 spiro atoms. The van der Waals surface area contributed by atoms with E-state index in [1.165, 1.54) is 6.07 Å². The Hall–Kier alpha value is -2.68. The second-order valence-electron chi connectivity index (χ2n) is 6.52. The lowest BCUT2D eigenvalue weighted by Crippen LogP contribution is -2.14. The lowest BCUT2D eigenvalue weighted by atomic mass is 9.92. The van der Waals surface area contributed by atoms with Gasteiger partial charge in [0.1, 0.15) is 5.82 Å². The Labute approximate surface area is 153 Å². The van der Waals surface area contributed by atoms with Crippen LogP contribution in [-0.2, 0) is 10.2 Å². The first-order valence-electron chi connectivity index (χ1n) is 7.81. The summed E-state index contributed by atoms with van der Waals surface area (Å²) in [5.41, 5.74) is 0.785. The normalized spacial score (nSPS) is 11.5. The molecule has 2 aromatic heterocycles. The van der Waals surface area contributed by atoms with Gasteiger partial charge in [0.2, 0.25) is 11.8 Å². The fourth-order valence-corrected chi connectivity index (χ4v) is 2.56. The van der Waals surface area contributed by atoms with Crippen LogP contribution in [0.15, 0.2) is 44.5 Å². The summed E-state index contributed by atoms with van der Waals surface area (Å²) in [6.07, 6.45) is 0. The molecule has 0 aliphatic heterocycles. The molecule has 0 bridgehead atoms. The molecule has 0 saturated heterocycles. The van der Waals surface area contributed by atoms with Gasteiger partial charge in [-0.05, 0) is 12.1 Å². The number of hydrogen-bond acceptors (Lipinski definition) is 7. The van der Waals surface area contributed by atoms with E-state index < -0.39 is 5.82 Å². The number of halogens is 1. The minimum atomic E-state index is -0.453. The van der Waals surface area contributed by atoms with Crippen LogP contribution in [0.1, 0.15) is 26.5 Å². The Kier molecular flexibility index (Phi) is 5.08. The van der Waals surface area contributed by atoms with Gasteiger partial charge in [-0.3, -0.25) is 10.1 Å². The lowest BCUT2D eigenvalue weighted by Gasteiger charge is -2.12. The number of carbonyl (C=O) groups excluding carboxylic acids is 1. The monoisotopic (exact) mass is 376 g/mol. The molecule has 9 heteroatoms. The quantitative estimate of drug-likeness (QED) is 0.675. The third-order valence-electron chi connectivity index (χ3n) is 3.38. The second kappa shape index (κ2) is 7.28. The zero-order chi connectivity index (χ0) is 18.7. The van der Waals surface area contributed by atoms with Crippen molar-refractivity contribution in [2.45, 2.75) is 31.4 Å². The van der Waals surface area contributed by atoms with Gasteiger partial charge < -0.3 is 8.94 Å². The SMILES string of the molecule is CC(C)(C)c1cc(NC(=O)CSc2nnc(-c3ccccc3F)o2)on1. The van der Waals surface area contributed by atoms with E-state index in [1.54, 1.807) is 24.3 Å². The number of rotatable bonds is 5. The van der Waals surface area contributed by atoms with Crippen molar-refractivity contribution in [1.82, 2.24) is 15.4 Å². The van der Waals surface area contributed by atoms with Gasteiger partial charge >= 0.3 is 0 Å². The molecule has 0 unspecified atom stereocenters. The summed E-state index contributed by atoms with van der Waals surface area (Å²) in [4.78, 5) is 12.0. The van der Waals surface area contributed by atoms with Crippen molar-refractivity contribution in [3.63, 3.8) is 0 Å². The second-order valence-corrected chi connectivity index (χ2v) is 7.44. The molecule has 3 aromatic rings. The minimum absolute atomic E-state index is 0.0322. The van der Waals surface area contributed by atoms with Gasteiger partial charge in [0.15, 0.2) is 0 Å². The van der Waals surface area contributed by atoms with E-state index in [4.69, 9.17) is 8.94 Å². The fraction of sp³-hybridized carbons (Fsp3) is 0.294. The van der Waals surface area contributed by atoms with Crippen LogP contribution < -0.4 is 5.32 Å². The number of nitrogens with one attached hydrogen (secondary N) is 1. The molecular formula is C17H17FN4O3S. The molecule has 1 aromatic carbocycles. The first-order valence-corrected chi connectivity index (χ1v) is 8.80. The highest BCUT2D eigenvalue weighted by Gasteiger charge is 2.20. The molecule has 2 heterocycles. The van der Waals surface area contributed by atoms with Crippen LogP contribution in [0.4, 0.5) is 10.3 Å². The molecule has 136 valence electrons. The summed E-state index contributed by atoms with van der Waals surface area (Å²) < 4.78 is 24.2. The van der Waals surface area contributed by atoms with E-state index in [0.29, 0.717) is 0 Å². The van der Waals surface area contributed by atoms with Gasteiger partial charge in [0.25, 0.3) is 11.1 Å². The molecule has 1 amide bonds. The van der Waals surface area contributed by atoms with Crippen LogP contribution >= 0.6 is 11.8 Å². The fourth-order valence-electron chi connectivity index (χ4n) is 2.00. The maximum atomic E-state index is 13.7. The Balaban J connectivity index is 1.57. The smallest absolute Gasteiger partial charge is 0.277 e. The number of hydrogen-bond donors (Lipinski definition) is 1. The first kappa shape index (κ1) is 18.1. The predicted octanol–water partition coefficient (Wildman–Crippen LogP) is 3.89. The van der Waals surface area contributed by atoms with Crippen molar-refractivity contribution >= 4 is 23.6 Å². The first-order chi connectivity index (χ1) is 12.3. The van der Waals surface area contributed by atoms with Gasteiger partial charge in [-0.2, -0.15) is 0 Å². The Morgan fingerprint density at radius 2 is 2.04 bits per heavy atom. The summed E-state index contributed by atoms with van der Waals surface area (Å²) in [7, 11) is 0. The number of carbonyl (C=O) groups is 1. The summed E-state index contributed by atoms with van der Waals surface area (Å²) >= 11 is 1.04. The van der Waals surface area contributed by atoms with E-state index in [9.17, 15) is 9.18 Å². The van der Waals surface area contributed by atoms with Crippen LogP contribution in [-0.4, -0.2) is 27.0 Å². The van der Waals surface area contributed by atoms with Crippen molar-refractivity contribution in [3.05, 3.63) is 41.8 Å². The molecule has 0 aliphatic carbocycles. The largest absolute Gasteiger partial charge is 0.411 e. The minimum Gasteiger partial charge on any atom is -0.411 e. The highest BCUT2D eigenvalue weighted by Crippen LogP contribution is 2.26. The van der Waals surface area contributed by atoms with Gasteiger partial charge in [0.05, 0.1) is 17.0 Å².